The van der Waals surface area contributed by atoms with Gasteiger partial charge in [0.2, 0.25) is 10.0 Å². The first kappa shape index (κ1) is 19.5. The van der Waals surface area contributed by atoms with E-state index >= 15 is 0 Å². The van der Waals surface area contributed by atoms with Crippen molar-refractivity contribution in [2.24, 2.45) is 0 Å². The summed E-state index contributed by atoms with van der Waals surface area (Å²) < 4.78 is 32.9. The van der Waals surface area contributed by atoms with Crippen molar-refractivity contribution in [3.05, 3.63) is 100 Å². The molecule has 0 aliphatic rings. The maximum Gasteiger partial charge on any atom is 0.273 e. The Morgan fingerprint density at radius 2 is 1.54 bits per heavy atom. The fraction of sp³-hybridized carbons (Fsp3) is 0.100. The summed E-state index contributed by atoms with van der Waals surface area (Å²) in [7, 11) is -3.81. The Morgan fingerprint density at radius 3 is 2.21 bits per heavy atom. The Morgan fingerprint density at radius 1 is 0.893 bits per heavy atom. The zero-order valence-electron chi connectivity index (χ0n) is 14.8. The lowest BCUT2D eigenvalue weighted by atomic mass is 10.2. The second-order valence-corrected chi connectivity index (χ2v) is 7.72. The van der Waals surface area contributed by atoms with Crippen LogP contribution in [0.4, 0.5) is 5.69 Å². The van der Waals surface area contributed by atoms with E-state index in [1.807, 2.05) is 30.3 Å². The monoisotopic (exact) mass is 398 g/mol. The average Bonchev–Trinajstić information content (AvgIpc) is 2.72. The van der Waals surface area contributed by atoms with E-state index < -0.39 is 14.9 Å². The molecular weight excluding hydrogens is 380 g/mol. The lowest BCUT2D eigenvalue weighted by Gasteiger charge is -2.09. The number of hydrogen-bond acceptors (Lipinski definition) is 5. The van der Waals surface area contributed by atoms with Crippen molar-refractivity contribution in [3.63, 3.8) is 0 Å². The highest BCUT2D eigenvalue weighted by atomic mass is 32.2. The molecule has 3 aromatic carbocycles. The normalized spacial score (nSPS) is 11.1. The molecule has 0 unspecified atom stereocenters. The third-order valence-corrected chi connectivity index (χ3v) is 5.44. The van der Waals surface area contributed by atoms with Gasteiger partial charge in [-0.3, -0.25) is 10.1 Å². The first-order valence-corrected chi connectivity index (χ1v) is 9.93. The highest BCUT2D eigenvalue weighted by Gasteiger charge is 2.17. The van der Waals surface area contributed by atoms with Gasteiger partial charge in [-0.25, -0.2) is 13.1 Å². The van der Waals surface area contributed by atoms with Gasteiger partial charge in [-0.2, -0.15) is 0 Å². The number of ether oxygens (including phenoxy) is 1. The molecule has 0 heterocycles. The van der Waals surface area contributed by atoms with E-state index in [-0.39, 0.29) is 17.1 Å². The predicted molar refractivity (Wildman–Crippen MR) is 104 cm³/mol. The standard InChI is InChI=1S/C20H18N2O5S/c23-22(24)20-9-5-4-8-17(20)14-21-28(25,26)19-12-10-18(11-13-19)27-15-16-6-2-1-3-7-16/h1-13,21H,14-15H2. The van der Waals surface area contributed by atoms with Crippen LogP contribution in [0.3, 0.4) is 0 Å². The summed E-state index contributed by atoms with van der Waals surface area (Å²) in [6.07, 6.45) is 0. The van der Waals surface area contributed by atoms with Crippen molar-refractivity contribution in [1.29, 1.82) is 0 Å². The zero-order chi connectivity index (χ0) is 20.0. The van der Waals surface area contributed by atoms with E-state index in [4.69, 9.17) is 4.74 Å². The van der Waals surface area contributed by atoms with Crippen LogP contribution in [0.2, 0.25) is 0 Å². The summed E-state index contributed by atoms with van der Waals surface area (Å²) in [5.74, 6) is 0.543. The van der Waals surface area contributed by atoms with Crippen LogP contribution in [-0.2, 0) is 23.2 Å². The van der Waals surface area contributed by atoms with Crippen LogP contribution in [0.15, 0.2) is 83.8 Å². The fourth-order valence-corrected chi connectivity index (χ4v) is 3.56. The summed E-state index contributed by atoms with van der Waals surface area (Å²) in [6, 6.07) is 21.6. The second-order valence-electron chi connectivity index (χ2n) is 5.96. The molecule has 0 saturated heterocycles. The zero-order valence-corrected chi connectivity index (χ0v) is 15.6. The molecule has 0 aromatic heterocycles. The number of benzene rings is 3. The van der Waals surface area contributed by atoms with E-state index in [0.29, 0.717) is 17.9 Å². The molecule has 0 radical (unpaired) electrons. The van der Waals surface area contributed by atoms with Crippen molar-refractivity contribution in [1.82, 2.24) is 4.72 Å². The first-order valence-electron chi connectivity index (χ1n) is 8.44. The van der Waals surface area contributed by atoms with Gasteiger partial charge in [0.1, 0.15) is 12.4 Å². The minimum atomic E-state index is -3.81. The predicted octanol–water partition coefficient (Wildman–Crippen LogP) is 3.65. The van der Waals surface area contributed by atoms with Gasteiger partial charge in [-0.15, -0.1) is 0 Å². The summed E-state index contributed by atoms with van der Waals surface area (Å²) in [5, 5.41) is 11.0. The molecule has 0 aliphatic carbocycles. The van der Waals surface area contributed by atoms with E-state index in [9.17, 15) is 18.5 Å². The smallest absolute Gasteiger partial charge is 0.273 e. The Hall–Kier alpha value is -3.23. The Kier molecular flexibility index (Phi) is 6.03. The van der Waals surface area contributed by atoms with Gasteiger partial charge in [-0.05, 0) is 29.8 Å². The van der Waals surface area contributed by atoms with Crippen LogP contribution in [0, 0.1) is 10.1 Å². The van der Waals surface area contributed by atoms with Crippen molar-refractivity contribution in [2.75, 3.05) is 0 Å². The molecule has 8 heteroatoms. The molecule has 144 valence electrons. The molecule has 0 bridgehead atoms. The van der Waals surface area contributed by atoms with Crippen molar-refractivity contribution in [2.45, 2.75) is 18.0 Å². The van der Waals surface area contributed by atoms with Crippen LogP contribution in [0.5, 0.6) is 5.75 Å². The Labute approximate surface area is 162 Å². The van der Waals surface area contributed by atoms with Gasteiger partial charge < -0.3 is 4.74 Å². The third kappa shape index (κ3) is 4.93. The molecule has 0 fully saturated rings. The maximum absolute atomic E-state index is 12.5. The minimum absolute atomic E-state index is 0.0538. The van der Waals surface area contributed by atoms with Crippen molar-refractivity contribution in [3.8, 4) is 5.75 Å². The fourth-order valence-electron chi connectivity index (χ4n) is 2.55. The van der Waals surface area contributed by atoms with Crippen LogP contribution in [-0.4, -0.2) is 13.3 Å². The SMILES string of the molecule is O=[N+]([O-])c1ccccc1CNS(=O)(=O)c1ccc(OCc2ccccc2)cc1. The Bertz CT molecular complexity index is 1050. The summed E-state index contributed by atoms with van der Waals surface area (Å²) in [5.41, 5.74) is 1.17. The van der Waals surface area contributed by atoms with Gasteiger partial charge in [0, 0.05) is 18.2 Å². The van der Waals surface area contributed by atoms with E-state index in [0.717, 1.165) is 5.56 Å². The van der Waals surface area contributed by atoms with E-state index in [2.05, 4.69) is 4.72 Å². The first-order chi connectivity index (χ1) is 13.5. The number of nitrogens with zero attached hydrogens (tertiary/aromatic N) is 1. The Balaban J connectivity index is 1.65. The quantitative estimate of drug-likeness (QED) is 0.461. The van der Waals surface area contributed by atoms with Gasteiger partial charge in [0.05, 0.1) is 9.82 Å². The van der Waals surface area contributed by atoms with Crippen LogP contribution < -0.4 is 9.46 Å². The highest BCUT2D eigenvalue weighted by molar-refractivity contribution is 7.89. The molecule has 0 saturated carbocycles. The summed E-state index contributed by atoms with van der Waals surface area (Å²) in [6.45, 7) is 0.203. The molecule has 28 heavy (non-hydrogen) atoms. The number of nitro benzene ring substituents is 1. The van der Waals surface area contributed by atoms with Gasteiger partial charge >= 0.3 is 0 Å². The van der Waals surface area contributed by atoms with Crippen LogP contribution in [0.1, 0.15) is 11.1 Å². The van der Waals surface area contributed by atoms with Gasteiger partial charge in [0.15, 0.2) is 0 Å². The molecule has 1 N–H and O–H groups in total. The molecule has 0 amide bonds. The van der Waals surface area contributed by atoms with Gasteiger partial charge in [-0.1, -0.05) is 48.5 Å². The lowest BCUT2D eigenvalue weighted by molar-refractivity contribution is -0.385. The highest BCUT2D eigenvalue weighted by Crippen LogP contribution is 2.20. The molecule has 0 spiro atoms. The molecule has 0 aliphatic heterocycles. The summed E-state index contributed by atoms with van der Waals surface area (Å²) >= 11 is 0. The van der Waals surface area contributed by atoms with E-state index in [1.165, 1.54) is 30.3 Å². The molecule has 7 nitrogen and oxygen atoms in total. The van der Waals surface area contributed by atoms with Crippen LogP contribution >= 0.6 is 0 Å². The van der Waals surface area contributed by atoms with E-state index in [1.54, 1.807) is 18.2 Å². The minimum Gasteiger partial charge on any atom is -0.489 e. The third-order valence-electron chi connectivity index (χ3n) is 4.02. The molecular formula is C20H18N2O5S. The maximum atomic E-state index is 12.5. The van der Waals surface area contributed by atoms with Crippen molar-refractivity contribution >= 4 is 15.7 Å². The molecule has 3 aromatic rings. The number of hydrogen-bond donors (Lipinski definition) is 1. The largest absolute Gasteiger partial charge is 0.489 e. The number of para-hydroxylation sites is 1. The molecule has 3 rings (SSSR count). The van der Waals surface area contributed by atoms with Crippen LogP contribution in [0.25, 0.3) is 0 Å². The second kappa shape index (κ2) is 8.64. The lowest BCUT2D eigenvalue weighted by Crippen LogP contribution is -2.23. The summed E-state index contributed by atoms with van der Waals surface area (Å²) in [4.78, 5) is 10.5. The topological polar surface area (TPSA) is 98.5 Å². The average molecular weight is 398 g/mol. The molecule has 0 atom stereocenters. The number of nitro groups is 1. The number of rotatable bonds is 8. The van der Waals surface area contributed by atoms with Gasteiger partial charge in [0.25, 0.3) is 5.69 Å². The number of nitrogens with one attached hydrogen (secondary N) is 1. The number of sulfonamides is 1. The van der Waals surface area contributed by atoms with Crippen molar-refractivity contribution < 1.29 is 18.1 Å².